The van der Waals surface area contributed by atoms with Gasteiger partial charge in [0, 0.05) is 68.8 Å². The number of piperidine rings is 1. The lowest BCUT2D eigenvalue weighted by atomic mass is 9.61. The Morgan fingerprint density at radius 1 is 1.13 bits per heavy atom. The number of allylic oxidation sites excluding steroid dienone is 1. The van der Waals surface area contributed by atoms with Crippen LogP contribution in [0.4, 0.5) is 19.3 Å². The van der Waals surface area contributed by atoms with Crippen molar-refractivity contribution in [3.05, 3.63) is 36.0 Å². The number of likely N-dealkylation sites (tertiary alicyclic amines) is 1. The third-order valence-electron chi connectivity index (χ3n) is 12.9. The molecule has 17 heteroatoms. The fourth-order valence-corrected chi connectivity index (χ4v) is 9.75. The van der Waals surface area contributed by atoms with E-state index in [0.717, 1.165) is 57.9 Å². The summed E-state index contributed by atoms with van der Waals surface area (Å²) in [7, 11) is 3.62. The number of hydrazine groups is 1. The van der Waals surface area contributed by atoms with Crippen molar-refractivity contribution in [1.29, 1.82) is 0 Å². The molecule has 5 amide bonds. The largest absolute Gasteiger partial charge is 0.495 e. The van der Waals surface area contributed by atoms with E-state index in [1.807, 2.05) is 16.1 Å². The Hall–Kier alpha value is -4.64. The normalized spacial score (nSPS) is 28.2. The van der Waals surface area contributed by atoms with Crippen molar-refractivity contribution in [3.63, 3.8) is 0 Å². The van der Waals surface area contributed by atoms with E-state index in [1.165, 1.54) is 18.2 Å². The standard InChI is InChI=1S/C38H52F2N10O5/c1-46(17-9-26-10-18-47(19-11-26)31(52)27-7-8-29(55-2)28(21-27)48-20-12-30(51)45-35(48)54)24-36(13-4-3-5-14-36)37(22-43-44-23-37)50-25-38(32(39)40,33(41)53)34-42-15-6-16-49(34)50/h6-8,15-16,21-22,26,32,34,44H,3-5,9-14,17-20,23-25H2,1-2H3,(H2,41,53)(H,45,51,54)/t34?,37-,38?/m1/s1. The minimum atomic E-state index is -3.01. The number of urea groups is 1. The van der Waals surface area contributed by atoms with Gasteiger partial charge in [0.15, 0.2) is 11.6 Å². The molecule has 4 fully saturated rings. The van der Waals surface area contributed by atoms with Gasteiger partial charge in [-0.15, -0.1) is 0 Å². The Bertz CT molecular complexity index is 1750. The van der Waals surface area contributed by atoms with E-state index in [4.69, 9.17) is 10.5 Å². The number of nitrogens with zero attached hydrogens (tertiary/aromatic N) is 7. The lowest BCUT2D eigenvalue weighted by molar-refractivity contribution is -0.138. The van der Waals surface area contributed by atoms with Gasteiger partial charge in [-0.3, -0.25) is 34.6 Å². The molecule has 55 heavy (non-hydrogen) atoms. The lowest BCUT2D eigenvalue weighted by Crippen LogP contribution is -2.68. The number of anilines is 1. The second kappa shape index (κ2) is 15.5. The van der Waals surface area contributed by atoms with Gasteiger partial charge in [-0.25, -0.2) is 18.6 Å². The summed E-state index contributed by atoms with van der Waals surface area (Å²) in [5, 5.41) is 10.4. The van der Waals surface area contributed by atoms with Crippen LogP contribution in [0.15, 0.2) is 40.6 Å². The second-order valence-electron chi connectivity index (χ2n) is 15.9. The van der Waals surface area contributed by atoms with Gasteiger partial charge in [0.1, 0.15) is 11.3 Å². The molecule has 5 aliphatic heterocycles. The predicted octanol–water partition coefficient (Wildman–Crippen LogP) is 2.79. The number of amides is 5. The van der Waals surface area contributed by atoms with E-state index in [2.05, 4.69) is 32.8 Å². The van der Waals surface area contributed by atoms with Crippen molar-refractivity contribution in [2.75, 3.05) is 64.9 Å². The molecular formula is C38H52F2N10O5. The van der Waals surface area contributed by atoms with Gasteiger partial charge >= 0.3 is 6.03 Å². The fourth-order valence-electron chi connectivity index (χ4n) is 9.75. The van der Waals surface area contributed by atoms with Crippen LogP contribution in [0.3, 0.4) is 0 Å². The summed E-state index contributed by atoms with van der Waals surface area (Å²) in [6.45, 7) is 3.08. The van der Waals surface area contributed by atoms with Crippen LogP contribution in [-0.2, 0) is 9.59 Å². The summed E-state index contributed by atoms with van der Waals surface area (Å²) >= 11 is 0. The zero-order valence-corrected chi connectivity index (χ0v) is 31.6. The number of alkyl halides is 2. The minimum absolute atomic E-state index is 0.116. The number of hydrazone groups is 1. The lowest BCUT2D eigenvalue weighted by Gasteiger charge is -2.56. The highest BCUT2D eigenvalue weighted by Crippen LogP contribution is 2.54. The first-order chi connectivity index (χ1) is 26.4. The molecular weight excluding hydrogens is 714 g/mol. The highest BCUT2D eigenvalue weighted by atomic mass is 19.3. The zero-order chi connectivity index (χ0) is 39.0. The molecule has 5 heterocycles. The van der Waals surface area contributed by atoms with E-state index in [0.29, 0.717) is 49.1 Å². The van der Waals surface area contributed by atoms with Crippen LogP contribution in [0.5, 0.6) is 5.75 Å². The number of ether oxygens (including phenoxy) is 1. The summed E-state index contributed by atoms with van der Waals surface area (Å²) in [6.07, 6.45) is 10.2. The third-order valence-corrected chi connectivity index (χ3v) is 12.9. The number of methoxy groups -OCH3 is 1. The Balaban J connectivity index is 1.01. The molecule has 0 aromatic heterocycles. The molecule has 298 valence electrons. The van der Waals surface area contributed by atoms with Crippen LogP contribution < -0.4 is 26.1 Å². The van der Waals surface area contributed by atoms with Gasteiger partial charge in [-0.2, -0.15) is 5.10 Å². The molecule has 3 atom stereocenters. The molecule has 0 bridgehead atoms. The predicted molar refractivity (Wildman–Crippen MR) is 202 cm³/mol. The number of carbonyl (C=O) groups excluding carboxylic acids is 4. The number of hydrogen-bond acceptors (Lipinski definition) is 11. The molecule has 0 spiro atoms. The number of hydrogen-bond donors (Lipinski definition) is 3. The summed E-state index contributed by atoms with van der Waals surface area (Å²) in [5.74, 6) is -0.663. The van der Waals surface area contributed by atoms with Crippen molar-refractivity contribution in [2.24, 2.45) is 32.6 Å². The number of carbonyl (C=O) groups is 4. The van der Waals surface area contributed by atoms with E-state index in [1.54, 1.807) is 35.5 Å². The van der Waals surface area contributed by atoms with E-state index in [9.17, 15) is 28.0 Å². The third kappa shape index (κ3) is 6.83. The maximum absolute atomic E-state index is 15.0. The second-order valence-corrected chi connectivity index (χ2v) is 15.9. The van der Waals surface area contributed by atoms with Crippen LogP contribution in [0.25, 0.3) is 0 Å². The first-order valence-corrected chi connectivity index (χ1v) is 19.3. The Kier molecular flexibility index (Phi) is 10.9. The number of fused-ring (bicyclic) bond motifs is 1. The quantitative estimate of drug-likeness (QED) is 0.290. The SMILES string of the molecule is COc1ccc(C(=O)N2CCC(CCN(C)CC3([C@@]4(N5CC(C(N)=O)(C(F)F)C6N=CC=CN65)C=NNC4)CCCCC3)CC2)cc1N1CCC(=O)NC1=O. The Morgan fingerprint density at radius 3 is 2.55 bits per heavy atom. The highest BCUT2D eigenvalue weighted by molar-refractivity contribution is 6.07. The van der Waals surface area contributed by atoms with Gasteiger partial charge in [0.05, 0.1) is 19.3 Å². The number of primary amides is 1. The average molecular weight is 767 g/mol. The fraction of sp³-hybridized carbons (Fsp3) is 0.632. The number of nitrogens with two attached hydrogens (primary N) is 1. The molecule has 4 N–H and O–H groups in total. The molecule has 1 saturated carbocycles. The van der Waals surface area contributed by atoms with Crippen molar-refractivity contribution in [3.8, 4) is 5.75 Å². The molecule has 1 aliphatic carbocycles. The summed E-state index contributed by atoms with van der Waals surface area (Å²) in [4.78, 5) is 60.8. The van der Waals surface area contributed by atoms with Gasteiger partial charge in [0.25, 0.3) is 12.3 Å². The minimum Gasteiger partial charge on any atom is -0.495 e. The van der Waals surface area contributed by atoms with Crippen LogP contribution >= 0.6 is 0 Å². The van der Waals surface area contributed by atoms with Crippen molar-refractivity contribution in [2.45, 2.75) is 75.9 Å². The number of imide groups is 1. The zero-order valence-electron chi connectivity index (χ0n) is 31.6. The monoisotopic (exact) mass is 766 g/mol. The molecule has 3 saturated heterocycles. The van der Waals surface area contributed by atoms with Crippen molar-refractivity contribution in [1.82, 2.24) is 30.6 Å². The Morgan fingerprint density at radius 2 is 1.89 bits per heavy atom. The molecule has 0 radical (unpaired) electrons. The summed E-state index contributed by atoms with van der Waals surface area (Å²) < 4.78 is 35.4. The van der Waals surface area contributed by atoms with E-state index in [-0.39, 0.29) is 36.7 Å². The average Bonchev–Trinajstić information content (AvgIpc) is 3.83. The Labute approximate surface area is 319 Å². The topological polar surface area (TPSA) is 169 Å². The molecule has 6 aliphatic rings. The molecule has 15 nitrogen and oxygen atoms in total. The number of nitrogens with one attached hydrogen (secondary N) is 2. The molecule has 1 aromatic rings. The molecule has 2 unspecified atom stereocenters. The first kappa shape index (κ1) is 38.6. The number of aliphatic imine (C=N–C) groups is 1. The van der Waals surface area contributed by atoms with Crippen LogP contribution in [0, 0.1) is 16.7 Å². The molecule has 7 rings (SSSR count). The smallest absolute Gasteiger partial charge is 0.328 e. The summed E-state index contributed by atoms with van der Waals surface area (Å²) in [5.41, 5.74) is 6.49. The van der Waals surface area contributed by atoms with Gasteiger partial charge in [-0.1, -0.05) is 19.3 Å². The van der Waals surface area contributed by atoms with Gasteiger partial charge < -0.3 is 25.7 Å². The van der Waals surface area contributed by atoms with Crippen molar-refractivity contribution < 1.29 is 32.7 Å². The number of benzene rings is 1. The molecule has 1 aromatic carbocycles. The van der Waals surface area contributed by atoms with Gasteiger partial charge in [0.2, 0.25) is 11.8 Å². The van der Waals surface area contributed by atoms with Crippen molar-refractivity contribution >= 4 is 41.9 Å². The maximum Gasteiger partial charge on any atom is 0.328 e. The summed E-state index contributed by atoms with van der Waals surface area (Å²) in [6, 6.07) is 4.50. The van der Waals surface area contributed by atoms with Gasteiger partial charge in [-0.05, 0) is 75.9 Å². The van der Waals surface area contributed by atoms with Crippen LogP contribution in [-0.4, -0.2) is 134 Å². The van der Waals surface area contributed by atoms with Crippen LogP contribution in [0.2, 0.25) is 0 Å². The number of rotatable bonds is 12. The highest BCUT2D eigenvalue weighted by Gasteiger charge is 2.68. The maximum atomic E-state index is 15.0. The van der Waals surface area contributed by atoms with Crippen LogP contribution in [0.1, 0.15) is 68.1 Å². The first-order valence-electron chi connectivity index (χ1n) is 19.3. The van der Waals surface area contributed by atoms with E-state index < -0.39 is 35.5 Å². The number of halogens is 2. The van der Waals surface area contributed by atoms with E-state index >= 15 is 0 Å².